The number of benzene rings is 1. The van der Waals surface area contributed by atoms with E-state index in [1.54, 1.807) is 24.3 Å². The van der Waals surface area contributed by atoms with E-state index < -0.39 is 10.0 Å². The first-order valence-corrected chi connectivity index (χ1v) is 8.72. The van der Waals surface area contributed by atoms with Crippen LogP contribution in [-0.2, 0) is 16.4 Å². The molecule has 2 rings (SSSR count). The molecule has 0 fully saturated rings. The van der Waals surface area contributed by atoms with Crippen LogP contribution < -0.4 is 10.5 Å². The van der Waals surface area contributed by atoms with Gasteiger partial charge in [0.25, 0.3) is 0 Å². The lowest BCUT2D eigenvalue weighted by Crippen LogP contribution is -2.26. The summed E-state index contributed by atoms with van der Waals surface area (Å²) in [6, 6.07) is 6.86. The van der Waals surface area contributed by atoms with Gasteiger partial charge in [-0.15, -0.1) is 11.3 Å². The van der Waals surface area contributed by atoms with Crippen LogP contribution >= 0.6 is 22.9 Å². The highest BCUT2D eigenvalue weighted by molar-refractivity contribution is 7.89. The Hall–Kier alpha value is -1.08. The first kappa shape index (κ1) is 15.3. The second-order valence-corrected chi connectivity index (χ2v) is 7.54. The average molecular weight is 331 g/mol. The number of hydrogen-bond donors (Lipinski definition) is 2. The van der Waals surface area contributed by atoms with E-state index in [4.69, 9.17) is 17.3 Å². The molecule has 1 heterocycles. The molecule has 0 amide bonds. The van der Waals surface area contributed by atoms with Crippen molar-refractivity contribution in [2.75, 3.05) is 12.3 Å². The van der Waals surface area contributed by atoms with Gasteiger partial charge in [0.2, 0.25) is 10.0 Å². The molecule has 4 nitrogen and oxygen atoms in total. The van der Waals surface area contributed by atoms with Crippen molar-refractivity contribution < 1.29 is 8.42 Å². The highest BCUT2D eigenvalue weighted by Gasteiger charge is 2.18. The van der Waals surface area contributed by atoms with Crippen molar-refractivity contribution in [2.24, 2.45) is 0 Å². The van der Waals surface area contributed by atoms with E-state index in [-0.39, 0.29) is 9.92 Å². The number of halogens is 1. The van der Waals surface area contributed by atoms with Crippen molar-refractivity contribution >= 4 is 38.6 Å². The van der Waals surface area contributed by atoms with Crippen molar-refractivity contribution in [3.63, 3.8) is 0 Å². The van der Waals surface area contributed by atoms with Gasteiger partial charge in [0, 0.05) is 17.1 Å². The zero-order chi connectivity index (χ0) is 14.8. The van der Waals surface area contributed by atoms with Gasteiger partial charge in [0.1, 0.15) is 4.90 Å². The van der Waals surface area contributed by atoms with Crippen molar-refractivity contribution in [3.05, 3.63) is 45.1 Å². The summed E-state index contributed by atoms with van der Waals surface area (Å²) < 4.78 is 26.9. The molecule has 0 saturated heterocycles. The second kappa shape index (κ2) is 6.13. The molecule has 0 spiro atoms. The highest BCUT2D eigenvalue weighted by atomic mass is 35.5. The molecule has 2 aromatic rings. The molecule has 7 heteroatoms. The van der Waals surface area contributed by atoms with Crippen LogP contribution in [0.4, 0.5) is 5.69 Å². The normalized spacial score (nSPS) is 11.7. The van der Waals surface area contributed by atoms with Crippen LogP contribution in [0.3, 0.4) is 0 Å². The Morgan fingerprint density at radius 3 is 2.80 bits per heavy atom. The summed E-state index contributed by atoms with van der Waals surface area (Å²) in [7, 11) is -3.64. The van der Waals surface area contributed by atoms with E-state index in [0.29, 0.717) is 18.7 Å². The van der Waals surface area contributed by atoms with Crippen LogP contribution in [0.15, 0.2) is 34.5 Å². The number of aryl methyl sites for hydroxylation is 1. The molecule has 108 valence electrons. The Morgan fingerprint density at radius 2 is 2.15 bits per heavy atom. The van der Waals surface area contributed by atoms with Gasteiger partial charge in [-0.25, -0.2) is 13.1 Å². The summed E-state index contributed by atoms with van der Waals surface area (Å²) in [5.41, 5.74) is 6.91. The molecule has 0 saturated carbocycles. The molecule has 0 bridgehead atoms. The summed E-state index contributed by atoms with van der Waals surface area (Å²) >= 11 is 7.59. The van der Waals surface area contributed by atoms with E-state index >= 15 is 0 Å². The number of nitrogen functional groups attached to an aromatic ring is 1. The number of rotatable bonds is 5. The lowest BCUT2D eigenvalue weighted by molar-refractivity contribution is 0.582. The minimum absolute atomic E-state index is 0.0217. The molecular weight excluding hydrogens is 316 g/mol. The van der Waals surface area contributed by atoms with Crippen LogP contribution in [0.25, 0.3) is 0 Å². The van der Waals surface area contributed by atoms with E-state index in [2.05, 4.69) is 4.72 Å². The van der Waals surface area contributed by atoms with Gasteiger partial charge in [0.15, 0.2) is 0 Å². The smallest absolute Gasteiger partial charge is 0.242 e. The summed E-state index contributed by atoms with van der Waals surface area (Å²) in [6.07, 6.45) is 0.649. The lowest BCUT2D eigenvalue weighted by Gasteiger charge is -2.10. The molecule has 0 radical (unpaired) electrons. The monoisotopic (exact) mass is 330 g/mol. The maximum absolute atomic E-state index is 12.2. The lowest BCUT2D eigenvalue weighted by atomic mass is 10.2. The fourth-order valence-corrected chi connectivity index (χ4v) is 4.07. The predicted octanol–water partition coefficient (Wildman–Crippen LogP) is 2.81. The molecule has 0 unspecified atom stereocenters. The number of thiophene rings is 1. The third-order valence-electron chi connectivity index (χ3n) is 2.85. The van der Waals surface area contributed by atoms with E-state index in [9.17, 15) is 8.42 Å². The third-order valence-corrected chi connectivity index (χ3v) is 5.72. The Labute approximate surface area is 127 Å². The van der Waals surface area contributed by atoms with Gasteiger partial charge >= 0.3 is 0 Å². The highest BCUT2D eigenvalue weighted by Crippen LogP contribution is 2.26. The summed E-state index contributed by atoms with van der Waals surface area (Å²) in [6.45, 7) is 2.11. The standard InChI is InChI=1S/C13H15ClN2O2S2/c1-9-7-11(14)13(8-12(9)15)20(17,18)16-5-4-10-3-2-6-19-10/h2-3,6-8,16H,4-5,15H2,1H3. The molecule has 0 aliphatic carbocycles. The average Bonchev–Trinajstić information content (AvgIpc) is 2.86. The SMILES string of the molecule is Cc1cc(Cl)c(S(=O)(=O)NCCc2cccs2)cc1N. The van der Waals surface area contributed by atoms with Gasteiger partial charge in [-0.1, -0.05) is 17.7 Å². The van der Waals surface area contributed by atoms with Gasteiger partial charge in [0.05, 0.1) is 5.02 Å². The van der Waals surface area contributed by atoms with Crippen molar-refractivity contribution in [3.8, 4) is 0 Å². The maximum Gasteiger partial charge on any atom is 0.242 e. The molecule has 0 aliphatic heterocycles. The van der Waals surface area contributed by atoms with Gasteiger partial charge in [-0.05, 0) is 42.5 Å². The van der Waals surface area contributed by atoms with Crippen LogP contribution in [-0.4, -0.2) is 15.0 Å². The van der Waals surface area contributed by atoms with Crippen molar-refractivity contribution in [1.29, 1.82) is 0 Å². The predicted molar refractivity (Wildman–Crippen MR) is 83.8 cm³/mol. The Morgan fingerprint density at radius 1 is 1.40 bits per heavy atom. The van der Waals surface area contributed by atoms with Crippen molar-refractivity contribution in [2.45, 2.75) is 18.2 Å². The van der Waals surface area contributed by atoms with Gasteiger partial charge < -0.3 is 5.73 Å². The van der Waals surface area contributed by atoms with E-state index in [1.807, 2.05) is 17.5 Å². The summed E-state index contributed by atoms with van der Waals surface area (Å²) in [5, 5.41) is 2.14. The van der Waals surface area contributed by atoms with Crippen molar-refractivity contribution in [1.82, 2.24) is 4.72 Å². The summed E-state index contributed by atoms with van der Waals surface area (Å²) in [4.78, 5) is 1.15. The molecule has 0 atom stereocenters. The molecule has 20 heavy (non-hydrogen) atoms. The first-order chi connectivity index (χ1) is 9.40. The molecule has 1 aromatic carbocycles. The fraction of sp³-hybridized carbons (Fsp3) is 0.231. The van der Waals surface area contributed by atoms with Gasteiger partial charge in [-0.3, -0.25) is 0 Å². The minimum atomic E-state index is -3.64. The molecule has 0 aliphatic rings. The van der Waals surface area contributed by atoms with Gasteiger partial charge in [-0.2, -0.15) is 0 Å². The first-order valence-electron chi connectivity index (χ1n) is 5.98. The maximum atomic E-state index is 12.2. The Kier molecular flexibility index (Phi) is 4.70. The second-order valence-electron chi connectivity index (χ2n) is 4.37. The van der Waals surface area contributed by atoms with E-state index in [1.165, 1.54) is 6.07 Å². The molecule has 1 aromatic heterocycles. The number of nitrogens with two attached hydrogens (primary N) is 1. The number of hydrogen-bond acceptors (Lipinski definition) is 4. The Bertz CT molecular complexity index is 697. The minimum Gasteiger partial charge on any atom is -0.398 e. The Balaban J connectivity index is 2.12. The van der Waals surface area contributed by atoms with Crippen LogP contribution in [0.1, 0.15) is 10.4 Å². The topological polar surface area (TPSA) is 72.2 Å². The number of anilines is 1. The van der Waals surface area contributed by atoms with Crippen LogP contribution in [0.5, 0.6) is 0 Å². The quantitative estimate of drug-likeness (QED) is 0.828. The van der Waals surface area contributed by atoms with Crippen LogP contribution in [0.2, 0.25) is 5.02 Å². The zero-order valence-corrected chi connectivity index (χ0v) is 13.3. The number of nitrogens with one attached hydrogen (secondary N) is 1. The third kappa shape index (κ3) is 3.52. The van der Waals surface area contributed by atoms with E-state index in [0.717, 1.165) is 10.4 Å². The number of sulfonamides is 1. The van der Waals surface area contributed by atoms with Crippen LogP contribution in [0, 0.1) is 6.92 Å². The summed E-state index contributed by atoms with van der Waals surface area (Å²) in [5.74, 6) is 0. The largest absolute Gasteiger partial charge is 0.398 e. The fourth-order valence-electron chi connectivity index (χ4n) is 1.72. The molecular formula is C13H15ClN2O2S2. The molecule has 3 N–H and O–H groups in total. The zero-order valence-electron chi connectivity index (χ0n) is 10.9.